The van der Waals surface area contributed by atoms with Gasteiger partial charge >= 0.3 is 12.1 Å². The second-order valence-electron chi connectivity index (χ2n) is 8.06. The molecule has 2 aromatic carbocycles. The largest absolute Gasteiger partial charge is 0.481 e. The average molecular weight is 377 g/mol. The average Bonchev–Trinajstić information content (AvgIpc) is 3.36. The zero-order valence-corrected chi connectivity index (χ0v) is 15.6. The lowest BCUT2D eigenvalue weighted by Gasteiger charge is -2.27. The molecule has 28 heavy (non-hydrogen) atoms. The predicted octanol–water partition coefficient (Wildman–Crippen LogP) is 4.12. The summed E-state index contributed by atoms with van der Waals surface area (Å²) >= 11 is 0. The Morgan fingerprint density at radius 2 is 1.57 bits per heavy atom. The first-order valence-corrected chi connectivity index (χ1v) is 9.99. The minimum Gasteiger partial charge on any atom is -0.481 e. The minimum absolute atomic E-state index is 0.0219. The Kier molecular flexibility index (Phi) is 4.11. The Morgan fingerprint density at radius 3 is 2.14 bits per heavy atom. The number of carbonyl (C=O) groups is 2. The molecule has 0 aromatic heterocycles. The van der Waals surface area contributed by atoms with Gasteiger partial charge in [0, 0.05) is 12.5 Å². The molecular formula is C23H23NO4. The summed E-state index contributed by atoms with van der Waals surface area (Å²) in [6.45, 7) is 0.743. The fourth-order valence-electron chi connectivity index (χ4n) is 5.00. The van der Waals surface area contributed by atoms with Crippen LogP contribution in [0.1, 0.15) is 36.3 Å². The highest BCUT2D eigenvalue weighted by molar-refractivity contribution is 5.79. The zero-order valence-electron chi connectivity index (χ0n) is 15.6. The quantitative estimate of drug-likeness (QED) is 0.870. The third-order valence-corrected chi connectivity index (χ3v) is 6.45. The van der Waals surface area contributed by atoms with Gasteiger partial charge < -0.3 is 14.7 Å². The fraction of sp³-hybridized carbons (Fsp3) is 0.391. The molecule has 5 heteroatoms. The van der Waals surface area contributed by atoms with Crippen LogP contribution in [0.2, 0.25) is 0 Å². The van der Waals surface area contributed by atoms with Gasteiger partial charge in [0.05, 0.1) is 12.0 Å². The molecule has 2 aliphatic carbocycles. The van der Waals surface area contributed by atoms with Crippen LogP contribution in [0, 0.1) is 11.8 Å². The van der Waals surface area contributed by atoms with Crippen molar-refractivity contribution in [2.24, 2.45) is 11.8 Å². The lowest BCUT2D eigenvalue weighted by Crippen LogP contribution is -2.41. The molecule has 0 spiro atoms. The van der Waals surface area contributed by atoms with Crippen LogP contribution >= 0.6 is 0 Å². The molecule has 0 unspecified atom stereocenters. The molecule has 1 aliphatic heterocycles. The number of benzene rings is 2. The van der Waals surface area contributed by atoms with Crippen molar-refractivity contribution >= 4 is 12.1 Å². The lowest BCUT2D eigenvalue weighted by atomic mass is 9.97. The number of aliphatic carboxylic acids is 1. The number of hydrogen-bond acceptors (Lipinski definition) is 3. The van der Waals surface area contributed by atoms with Gasteiger partial charge in [-0.25, -0.2) is 4.79 Å². The number of fused-ring (bicyclic) bond motifs is 3. The standard InChI is InChI=1S/C23H23NO4/c25-22(26)19-11-12-24(21(19)14-9-10-14)23(27)28-13-20-17-7-3-1-5-15(17)16-6-2-4-8-18(16)20/h1-8,14,19-21H,9-13H2,(H,25,26)/t19-,21+/m1/s1. The number of ether oxygens (including phenoxy) is 1. The van der Waals surface area contributed by atoms with Gasteiger partial charge in [0.25, 0.3) is 0 Å². The number of nitrogens with zero attached hydrogens (tertiary/aromatic N) is 1. The van der Waals surface area contributed by atoms with E-state index >= 15 is 0 Å². The van der Waals surface area contributed by atoms with E-state index in [1.54, 1.807) is 4.90 Å². The van der Waals surface area contributed by atoms with E-state index in [0.29, 0.717) is 18.9 Å². The van der Waals surface area contributed by atoms with Gasteiger partial charge in [-0.2, -0.15) is 0 Å². The number of amides is 1. The Labute approximate surface area is 163 Å². The molecule has 1 amide bonds. The van der Waals surface area contributed by atoms with Crippen molar-refractivity contribution < 1.29 is 19.4 Å². The molecule has 2 aromatic rings. The van der Waals surface area contributed by atoms with Crippen LogP contribution < -0.4 is 0 Å². The maximum absolute atomic E-state index is 12.8. The van der Waals surface area contributed by atoms with Crippen LogP contribution in [0.15, 0.2) is 48.5 Å². The van der Waals surface area contributed by atoms with E-state index in [1.165, 1.54) is 22.3 Å². The first-order valence-electron chi connectivity index (χ1n) is 9.99. The first kappa shape index (κ1) is 17.3. The molecule has 1 saturated carbocycles. The summed E-state index contributed by atoms with van der Waals surface area (Å²) in [7, 11) is 0. The number of carbonyl (C=O) groups excluding carboxylic acids is 1. The number of carboxylic acid groups (broad SMARTS) is 1. The number of carboxylic acids is 1. The maximum Gasteiger partial charge on any atom is 0.410 e. The van der Waals surface area contributed by atoms with Crippen LogP contribution in [-0.4, -0.2) is 41.3 Å². The van der Waals surface area contributed by atoms with E-state index in [2.05, 4.69) is 24.3 Å². The topological polar surface area (TPSA) is 66.8 Å². The molecule has 0 radical (unpaired) electrons. The number of hydrogen-bond donors (Lipinski definition) is 1. The SMILES string of the molecule is O=C(O)[C@@H]1CCN(C(=O)OCC2c3ccccc3-c3ccccc32)[C@H]1C1CC1. The third kappa shape index (κ3) is 2.77. The fourth-order valence-corrected chi connectivity index (χ4v) is 5.00. The molecule has 1 saturated heterocycles. The van der Waals surface area contributed by atoms with Crippen molar-refractivity contribution in [2.45, 2.75) is 31.2 Å². The monoisotopic (exact) mass is 377 g/mol. The van der Waals surface area contributed by atoms with Gasteiger partial charge in [0.1, 0.15) is 6.61 Å². The Balaban J connectivity index is 1.34. The van der Waals surface area contributed by atoms with E-state index < -0.39 is 11.9 Å². The van der Waals surface area contributed by atoms with Gasteiger partial charge in [-0.15, -0.1) is 0 Å². The smallest absolute Gasteiger partial charge is 0.410 e. The molecule has 5 rings (SSSR count). The molecule has 2 atom stereocenters. The van der Waals surface area contributed by atoms with E-state index in [1.807, 2.05) is 24.3 Å². The molecule has 144 valence electrons. The molecule has 5 nitrogen and oxygen atoms in total. The summed E-state index contributed by atoms with van der Waals surface area (Å²) in [4.78, 5) is 26.1. The summed E-state index contributed by atoms with van der Waals surface area (Å²) in [5, 5.41) is 9.50. The molecule has 3 aliphatic rings. The third-order valence-electron chi connectivity index (χ3n) is 6.45. The van der Waals surface area contributed by atoms with Gasteiger partial charge in [-0.05, 0) is 47.4 Å². The van der Waals surface area contributed by atoms with Crippen molar-refractivity contribution in [3.05, 3.63) is 59.7 Å². The highest BCUT2D eigenvalue weighted by atomic mass is 16.6. The van der Waals surface area contributed by atoms with Crippen molar-refractivity contribution in [2.75, 3.05) is 13.2 Å². The summed E-state index contributed by atoms with van der Waals surface area (Å²) < 4.78 is 5.75. The summed E-state index contributed by atoms with van der Waals surface area (Å²) in [6, 6.07) is 16.3. The first-order chi connectivity index (χ1) is 13.6. The molecule has 2 fully saturated rings. The maximum atomic E-state index is 12.8. The van der Waals surface area contributed by atoms with Crippen LogP contribution in [-0.2, 0) is 9.53 Å². The lowest BCUT2D eigenvalue weighted by molar-refractivity contribution is -0.142. The normalized spacial score (nSPS) is 23.4. The minimum atomic E-state index is -0.800. The van der Waals surface area contributed by atoms with Crippen molar-refractivity contribution in [3.63, 3.8) is 0 Å². The highest BCUT2D eigenvalue weighted by Gasteiger charge is 2.49. The van der Waals surface area contributed by atoms with Crippen LogP contribution in [0.25, 0.3) is 11.1 Å². The van der Waals surface area contributed by atoms with Crippen LogP contribution in [0.5, 0.6) is 0 Å². The predicted molar refractivity (Wildman–Crippen MR) is 104 cm³/mol. The zero-order chi connectivity index (χ0) is 19.3. The summed E-state index contributed by atoms with van der Waals surface area (Å²) in [5.74, 6) is -0.934. The molecule has 1 heterocycles. The van der Waals surface area contributed by atoms with Crippen LogP contribution in [0.4, 0.5) is 4.79 Å². The van der Waals surface area contributed by atoms with E-state index in [-0.39, 0.29) is 24.7 Å². The summed E-state index contributed by atoms with van der Waals surface area (Å²) in [6.07, 6.45) is 2.15. The van der Waals surface area contributed by atoms with Crippen molar-refractivity contribution in [1.82, 2.24) is 4.90 Å². The highest BCUT2D eigenvalue weighted by Crippen LogP contribution is 2.45. The second-order valence-corrected chi connectivity index (χ2v) is 8.06. The van der Waals surface area contributed by atoms with Crippen molar-refractivity contribution in [1.29, 1.82) is 0 Å². The van der Waals surface area contributed by atoms with E-state index in [0.717, 1.165) is 12.8 Å². The van der Waals surface area contributed by atoms with Gasteiger partial charge in [-0.3, -0.25) is 4.79 Å². The Bertz CT molecular complexity index is 890. The van der Waals surface area contributed by atoms with Crippen LogP contribution in [0.3, 0.4) is 0 Å². The molecular weight excluding hydrogens is 354 g/mol. The Morgan fingerprint density at radius 1 is 0.964 bits per heavy atom. The van der Waals surface area contributed by atoms with E-state index in [4.69, 9.17) is 4.74 Å². The second kappa shape index (κ2) is 6.66. The van der Waals surface area contributed by atoms with E-state index in [9.17, 15) is 14.7 Å². The molecule has 1 N–H and O–H groups in total. The van der Waals surface area contributed by atoms with Gasteiger partial charge in [0.2, 0.25) is 0 Å². The number of likely N-dealkylation sites (tertiary alicyclic amines) is 1. The van der Waals surface area contributed by atoms with Gasteiger partial charge in [-0.1, -0.05) is 48.5 Å². The molecule has 0 bridgehead atoms. The van der Waals surface area contributed by atoms with Crippen molar-refractivity contribution in [3.8, 4) is 11.1 Å². The Hall–Kier alpha value is -2.82. The number of rotatable bonds is 4. The summed E-state index contributed by atoms with van der Waals surface area (Å²) in [5.41, 5.74) is 4.75. The van der Waals surface area contributed by atoms with Gasteiger partial charge in [0.15, 0.2) is 0 Å².